The van der Waals surface area contributed by atoms with Gasteiger partial charge in [-0.05, 0) is 31.0 Å². The van der Waals surface area contributed by atoms with Crippen LogP contribution in [0.5, 0.6) is 0 Å². The number of aryl methyl sites for hydroxylation is 1. The van der Waals surface area contributed by atoms with Gasteiger partial charge in [0.2, 0.25) is 0 Å². The van der Waals surface area contributed by atoms with E-state index in [1.54, 1.807) is 13.0 Å². The molecule has 0 saturated heterocycles. The summed E-state index contributed by atoms with van der Waals surface area (Å²) in [5.41, 5.74) is 6.34. The standard InChI is InChI=1S/C11H14FNO2.ClH/c1-2-15-11(14)6-4-8-3-5-9(12)10(13)7-8;/h3,5,7H,2,4,6,13H2,1H3;1H. The van der Waals surface area contributed by atoms with Gasteiger partial charge in [-0.2, -0.15) is 0 Å². The highest BCUT2D eigenvalue weighted by atomic mass is 35.5. The van der Waals surface area contributed by atoms with Crippen molar-refractivity contribution < 1.29 is 13.9 Å². The molecule has 0 atom stereocenters. The van der Waals surface area contributed by atoms with Gasteiger partial charge in [-0.3, -0.25) is 4.79 Å². The Hall–Kier alpha value is -1.29. The summed E-state index contributed by atoms with van der Waals surface area (Å²) in [6, 6.07) is 4.45. The molecule has 0 bridgehead atoms. The van der Waals surface area contributed by atoms with Gasteiger partial charge in [-0.1, -0.05) is 6.07 Å². The monoisotopic (exact) mass is 247 g/mol. The summed E-state index contributed by atoms with van der Waals surface area (Å²) in [6.07, 6.45) is 0.808. The third kappa shape index (κ3) is 4.49. The summed E-state index contributed by atoms with van der Waals surface area (Å²) in [7, 11) is 0. The molecule has 0 fully saturated rings. The van der Waals surface area contributed by atoms with Crippen molar-refractivity contribution in [3.05, 3.63) is 29.6 Å². The van der Waals surface area contributed by atoms with Crippen LogP contribution in [0, 0.1) is 5.82 Å². The van der Waals surface area contributed by atoms with Gasteiger partial charge in [0.05, 0.1) is 12.3 Å². The maximum atomic E-state index is 12.8. The second-order valence-corrected chi connectivity index (χ2v) is 3.16. The van der Waals surface area contributed by atoms with E-state index in [4.69, 9.17) is 10.5 Å². The van der Waals surface area contributed by atoms with Crippen molar-refractivity contribution in [3.63, 3.8) is 0 Å². The molecule has 0 spiro atoms. The Labute approximate surface area is 100 Å². The lowest BCUT2D eigenvalue weighted by atomic mass is 10.1. The summed E-state index contributed by atoms with van der Waals surface area (Å²) in [5.74, 6) is -0.685. The molecule has 1 rings (SSSR count). The molecular weight excluding hydrogens is 233 g/mol. The first-order chi connectivity index (χ1) is 7.13. The van der Waals surface area contributed by atoms with E-state index in [9.17, 15) is 9.18 Å². The zero-order chi connectivity index (χ0) is 11.3. The molecule has 0 amide bonds. The minimum Gasteiger partial charge on any atom is -0.466 e. The fourth-order valence-corrected chi connectivity index (χ4v) is 1.23. The van der Waals surface area contributed by atoms with Gasteiger partial charge in [0.15, 0.2) is 0 Å². The Balaban J connectivity index is 0.00000225. The van der Waals surface area contributed by atoms with Gasteiger partial charge in [0.25, 0.3) is 0 Å². The van der Waals surface area contributed by atoms with Crippen LogP contribution < -0.4 is 5.73 Å². The van der Waals surface area contributed by atoms with Crippen molar-refractivity contribution in [2.24, 2.45) is 0 Å². The lowest BCUT2D eigenvalue weighted by Crippen LogP contribution is -2.05. The lowest BCUT2D eigenvalue weighted by molar-refractivity contribution is -0.143. The Morgan fingerprint density at radius 1 is 1.50 bits per heavy atom. The quantitative estimate of drug-likeness (QED) is 0.656. The maximum absolute atomic E-state index is 12.8. The van der Waals surface area contributed by atoms with Crippen LogP contribution in [0.25, 0.3) is 0 Å². The van der Waals surface area contributed by atoms with Crippen LogP contribution in [0.2, 0.25) is 0 Å². The van der Waals surface area contributed by atoms with Crippen molar-refractivity contribution in [1.29, 1.82) is 0 Å². The highest BCUT2D eigenvalue weighted by Crippen LogP contribution is 2.13. The van der Waals surface area contributed by atoms with E-state index in [0.29, 0.717) is 19.4 Å². The van der Waals surface area contributed by atoms with E-state index in [-0.39, 0.29) is 24.1 Å². The van der Waals surface area contributed by atoms with Crippen LogP contribution in [0.4, 0.5) is 10.1 Å². The predicted molar refractivity (Wildman–Crippen MR) is 63.0 cm³/mol. The number of benzene rings is 1. The molecule has 0 radical (unpaired) electrons. The SMILES string of the molecule is CCOC(=O)CCc1ccc(F)c(N)c1.Cl. The second kappa shape index (κ2) is 7.06. The van der Waals surface area contributed by atoms with E-state index in [2.05, 4.69) is 0 Å². The number of rotatable bonds is 4. The van der Waals surface area contributed by atoms with Crippen LogP contribution in [0.3, 0.4) is 0 Å². The van der Waals surface area contributed by atoms with Crippen molar-refractivity contribution in [3.8, 4) is 0 Å². The molecule has 1 aromatic carbocycles. The topological polar surface area (TPSA) is 52.3 Å². The van der Waals surface area contributed by atoms with E-state index < -0.39 is 5.82 Å². The van der Waals surface area contributed by atoms with E-state index in [0.717, 1.165) is 5.56 Å². The number of nitrogen functional groups attached to an aromatic ring is 1. The molecule has 0 aliphatic rings. The average Bonchev–Trinajstić information content (AvgIpc) is 2.20. The summed E-state index contributed by atoms with van der Waals surface area (Å²) in [4.78, 5) is 11.0. The molecular formula is C11H15ClFNO2. The third-order valence-corrected chi connectivity index (χ3v) is 1.98. The first kappa shape index (κ1) is 14.7. The molecule has 0 saturated carbocycles. The fraction of sp³-hybridized carbons (Fsp3) is 0.364. The zero-order valence-corrected chi connectivity index (χ0v) is 9.85. The van der Waals surface area contributed by atoms with Crippen LogP contribution in [0.1, 0.15) is 18.9 Å². The normalized spacial score (nSPS) is 9.38. The van der Waals surface area contributed by atoms with Gasteiger partial charge >= 0.3 is 5.97 Å². The number of esters is 1. The summed E-state index contributed by atoms with van der Waals surface area (Å²) >= 11 is 0. The van der Waals surface area contributed by atoms with Gasteiger partial charge < -0.3 is 10.5 Å². The van der Waals surface area contributed by atoms with Gasteiger partial charge in [0, 0.05) is 6.42 Å². The van der Waals surface area contributed by atoms with Gasteiger partial charge in [0.1, 0.15) is 5.82 Å². The van der Waals surface area contributed by atoms with Crippen LogP contribution in [-0.4, -0.2) is 12.6 Å². The van der Waals surface area contributed by atoms with Crippen molar-refractivity contribution in [1.82, 2.24) is 0 Å². The highest BCUT2D eigenvalue weighted by Gasteiger charge is 2.04. The number of anilines is 1. The number of carbonyl (C=O) groups excluding carboxylic acids is 1. The zero-order valence-electron chi connectivity index (χ0n) is 9.03. The smallest absolute Gasteiger partial charge is 0.306 e. The molecule has 0 aliphatic heterocycles. The molecule has 3 nitrogen and oxygen atoms in total. The van der Waals surface area contributed by atoms with E-state index >= 15 is 0 Å². The van der Waals surface area contributed by atoms with Crippen molar-refractivity contribution >= 4 is 24.1 Å². The van der Waals surface area contributed by atoms with E-state index in [1.807, 2.05) is 0 Å². The molecule has 0 unspecified atom stereocenters. The molecule has 0 aliphatic carbocycles. The largest absolute Gasteiger partial charge is 0.466 e. The summed E-state index contributed by atoms with van der Waals surface area (Å²) in [5, 5.41) is 0. The van der Waals surface area contributed by atoms with Crippen molar-refractivity contribution in [2.45, 2.75) is 19.8 Å². The predicted octanol–water partition coefficient (Wildman–Crippen LogP) is 2.33. The maximum Gasteiger partial charge on any atom is 0.306 e. The molecule has 16 heavy (non-hydrogen) atoms. The molecule has 90 valence electrons. The van der Waals surface area contributed by atoms with Crippen LogP contribution >= 0.6 is 12.4 Å². The molecule has 0 heterocycles. The molecule has 0 aromatic heterocycles. The fourth-order valence-electron chi connectivity index (χ4n) is 1.23. The first-order valence-corrected chi connectivity index (χ1v) is 4.83. The van der Waals surface area contributed by atoms with Crippen molar-refractivity contribution in [2.75, 3.05) is 12.3 Å². The lowest BCUT2D eigenvalue weighted by Gasteiger charge is -2.03. The number of hydrogen-bond donors (Lipinski definition) is 1. The number of halogens is 2. The highest BCUT2D eigenvalue weighted by molar-refractivity contribution is 5.85. The number of nitrogens with two attached hydrogens (primary N) is 1. The number of ether oxygens (including phenoxy) is 1. The third-order valence-electron chi connectivity index (χ3n) is 1.98. The van der Waals surface area contributed by atoms with Gasteiger partial charge in [-0.25, -0.2) is 4.39 Å². The minimum absolute atomic E-state index is 0. The van der Waals surface area contributed by atoms with Crippen LogP contribution in [-0.2, 0) is 16.0 Å². The molecule has 2 N–H and O–H groups in total. The Morgan fingerprint density at radius 3 is 2.75 bits per heavy atom. The van der Waals surface area contributed by atoms with E-state index in [1.165, 1.54) is 12.1 Å². The Bertz CT molecular complexity index is 358. The summed E-state index contributed by atoms with van der Waals surface area (Å²) in [6.45, 7) is 2.14. The summed E-state index contributed by atoms with van der Waals surface area (Å²) < 4.78 is 17.6. The van der Waals surface area contributed by atoms with Crippen LogP contribution in [0.15, 0.2) is 18.2 Å². The van der Waals surface area contributed by atoms with Gasteiger partial charge in [-0.15, -0.1) is 12.4 Å². The first-order valence-electron chi connectivity index (χ1n) is 4.83. The average molecular weight is 248 g/mol. The second-order valence-electron chi connectivity index (χ2n) is 3.16. The number of hydrogen-bond acceptors (Lipinski definition) is 3. The molecule has 5 heteroatoms. The molecule has 1 aromatic rings. The minimum atomic E-state index is -0.435. The number of carbonyl (C=O) groups is 1. The Morgan fingerprint density at radius 2 is 2.19 bits per heavy atom. The Kier molecular flexibility index (Phi) is 6.49.